The maximum Gasteiger partial charge on any atom is 0.204 e. The van der Waals surface area contributed by atoms with E-state index in [0.717, 1.165) is 38.0 Å². The monoisotopic (exact) mass is 466 g/mol. The summed E-state index contributed by atoms with van der Waals surface area (Å²) in [6.07, 6.45) is 5.10. The molecular formula is C29H26F4O. The first-order chi connectivity index (χ1) is 16.4. The highest BCUT2D eigenvalue weighted by molar-refractivity contribution is 5.89. The molecule has 0 atom stereocenters. The van der Waals surface area contributed by atoms with Crippen molar-refractivity contribution in [2.75, 3.05) is 7.11 Å². The quantitative estimate of drug-likeness (QED) is 0.188. The molecule has 4 aromatic carbocycles. The van der Waals surface area contributed by atoms with Gasteiger partial charge in [-0.15, -0.1) is 0 Å². The summed E-state index contributed by atoms with van der Waals surface area (Å²) in [6, 6.07) is 17.7. The van der Waals surface area contributed by atoms with E-state index in [1.165, 1.54) is 30.0 Å². The van der Waals surface area contributed by atoms with E-state index < -0.39 is 34.6 Å². The van der Waals surface area contributed by atoms with Crippen molar-refractivity contribution in [1.29, 1.82) is 0 Å². The van der Waals surface area contributed by atoms with Gasteiger partial charge in [0, 0.05) is 16.5 Å². The van der Waals surface area contributed by atoms with Crippen LogP contribution in [0.2, 0.25) is 0 Å². The third kappa shape index (κ3) is 4.79. The van der Waals surface area contributed by atoms with Crippen LogP contribution < -0.4 is 4.74 Å². The summed E-state index contributed by atoms with van der Waals surface area (Å²) in [4.78, 5) is 0. The zero-order valence-electron chi connectivity index (χ0n) is 19.2. The van der Waals surface area contributed by atoms with Crippen molar-refractivity contribution < 1.29 is 22.3 Å². The molecule has 0 saturated heterocycles. The van der Waals surface area contributed by atoms with Gasteiger partial charge in [-0.2, -0.15) is 4.39 Å². The second-order valence-electron chi connectivity index (χ2n) is 8.47. The fourth-order valence-corrected chi connectivity index (χ4v) is 4.21. The largest absolute Gasteiger partial charge is 0.491 e. The van der Waals surface area contributed by atoms with E-state index in [1.807, 2.05) is 12.1 Å². The Kier molecular flexibility index (Phi) is 7.20. The summed E-state index contributed by atoms with van der Waals surface area (Å²) in [5.41, 5.74) is 2.93. The Morgan fingerprint density at radius 1 is 0.647 bits per heavy atom. The van der Waals surface area contributed by atoms with E-state index in [2.05, 4.69) is 35.9 Å². The standard InChI is InChI=1S/C29H26F4O/c1-3-4-5-18-6-8-19(9-7-18)10-11-20-12-14-22-21(16-20)13-15-23(26(22)31)24-17-25(30)29(34-2)28(33)27(24)32/h6-9,12-17H,3-5,10-11H2,1-2H3. The molecule has 176 valence electrons. The van der Waals surface area contributed by atoms with Gasteiger partial charge in [-0.3, -0.25) is 0 Å². The Balaban J connectivity index is 1.57. The lowest BCUT2D eigenvalue weighted by Gasteiger charge is -2.12. The lowest BCUT2D eigenvalue weighted by molar-refractivity contribution is 0.347. The van der Waals surface area contributed by atoms with Crippen molar-refractivity contribution in [3.8, 4) is 16.9 Å². The lowest BCUT2D eigenvalue weighted by Crippen LogP contribution is -2.00. The molecule has 0 aliphatic heterocycles. The number of hydrogen-bond donors (Lipinski definition) is 0. The maximum absolute atomic E-state index is 15.2. The van der Waals surface area contributed by atoms with Gasteiger partial charge in [-0.25, -0.2) is 13.2 Å². The van der Waals surface area contributed by atoms with Gasteiger partial charge >= 0.3 is 0 Å². The SMILES string of the molecule is CCCCc1ccc(CCc2ccc3c(F)c(-c4cc(F)c(OC)c(F)c4F)ccc3c2)cc1. The highest BCUT2D eigenvalue weighted by Gasteiger charge is 2.22. The van der Waals surface area contributed by atoms with E-state index in [9.17, 15) is 13.2 Å². The van der Waals surface area contributed by atoms with E-state index in [0.29, 0.717) is 5.39 Å². The van der Waals surface area contributed by atoms with Crippen LogP contribution >= 0.6 is 0 Å². The molecule has 0 aliphatic rings. The molecular weight excluding hydrogens is 440 g/mol. The molecule has 34 heavy (non-hydrogen) atoms. The van der Waals surface area contributed by atoms with Gasteiger partial charge in [0.2, 0.25) is 5.82 Å². The number of fused-ring (bicyclic) bond motifs is 1. The summed E-state index contributed by atoms with van der Waals surface area (Å²) in [6.45, 7) is 2.18. The van der Waals surface area contributed by atoms with Gasteiger partial charge in [0.05, 0.1) is 7.11 Å². The number of methoxy groups -OCH3 is 1. The predicted octanol–water partition coefficient (Wildman–Crippen LogP) is 8.20. The topological polar surface area (TPSA) is 9.23 Å². The van der Waals surface area contributed by atoms with Crippen LogP contribution in [0.1, 0.15) is 36.5 Å². The summed E-state index contributed by atoms with van der Waals surface area (Å²) < 4.78 is 62.6. The van der Waals surface area contributed by atoms with Crippen LogP contribution in [0, 0.1) is 23.3 Å². The number of halogens is 4. The van der Waals surface area contributed by atoms with Crippen molar-refractivity contribution in [3.05, 3.63) is 101 Å². The van der Waals surface area contributed by atoms with Gasteiger partial charge in [-0.1, -0.05) is 67.9 Å². The summed E-state index contributed by atoms with van der Waals surface area (Å²) in [5.74, 6) is -5.48. The third-order valence-electron chi connectivity index (χ3n) is 6.17. The van der Waals surface area contributed by atoms with Crippen molar-refractivity contribution in [3.63, 3.8) is 0 Å². The molecule has 0 bridgehead atoms. The molecule has 1 nitrogen and oxygen atoms in total. The zero-order chi connectivity index (χ0) is 24.2. The molecule has 0 spiro atoms. The highest BCUT2D eigenvalue weighted by atomic mass is 19.2. The minimum Gasteiger partial charge on any atom is -0.491 e. The molecule has 0 fully saturated rings. The van der Waals surface area contributed by atoms with Crippen LogP contribution in [-0.4, -0.2) is 7.11 Å². The smallest absolute Gasteiger partial charge is 0.204 e. The second kappa shape index (κ2) is 10.3. The third-order valence-corrected chi connectivity index (χ3v) is 6.17. The van der Waals surface area contributed by atoms with Crippen LogP contribution in [0.4, 0.5) is 17.6 Å². The number of benzene rings is 4. The van der Waals surface area contributed by atoms with E-state index in [1.54, 1.807) is 12.1 Å². The first-order valence-corrected chi connectivity index (χ1v) is 11.4. The van der Waals surface area contributed by atoms with E-state index >= 15 is 4.39 Å². The highest BCUT2D eigenvalue weighted by Crippen LogP contribution is 2.36. The molecule has 0 aromatic heterocycles. The molecule has 0 unspecified atom stereocenters. The zero-order valence-corrected chi connectivity index (χ0v) is 19.2. The Morgan fingerprint density at radius 2 is 1.29 bits per heavy atom. The Labute approximate surface area is 197 Å². The fourth-order valence-electron chi connectivity index (χ4n) is 4.21. The number of hydrogen-bond acceptors (Lipinski definition) is 1. The first kappa shape index (κ1) is 23.8. The van der Waals surface area contributed by atoms with Crippen LogP contribution in [-0.2, 0) is 19.3 Å². The lowest BCUT2D eigenvalue weighted by atomic mass is 9.96. The molecule has 0 saturated carbocycles. The van der Waals surface area contributed by atoms with Gasteiger partial charge in [0.25, 0.3) is 0 Å². The predicted molar refractivity (Wildman–Crippen MR) is 128 cm³/mol. The van der Waals surface area contributed by atoms with Crippen molar-refractivity contribution in [2.24, 2.45) is 0 Å². The average Bonchev–Trinajstić information content (AvgIpc) is 2.85. The molecule has 5 heteroatoms. The van der Waals surface area contributed by atoms with Gasteiger partial charge in [0.15, 0.2) is 17.4 Å². The summed E-state index contributed by atoms with van der Waals surface area (Å²) in [7, 11) is 1.04. The maximum atomic E-state index is 15.2. The van der Waals surface area contributed by atoms with Crippen molar-refractivity contribution in [1.82, 2.24) is 0 Å². The van der Waals surface area contributed by atoms with Crippen LogP contribution in [0.3, 0.4) is 0 Å². The molecule has 0 radical (unpaired) electrons. The van der Waals surface area contributed by atoms with Gasteiger partial charge < -0.3 is 4.74 Å². The molecule has 0 N–H and O–H groups in total. The molecule has 0 heterocycles. The Morgan fingerprint density at radius 3 is 1.97 bits per heavy atom. The summed E-state index contributed by atoms with van der Waals surface area (Å²) >= 11 is 0. The van der Waals surface area contributed by atoms with Crippen LogP contribution in [0.25, 0.3) is 21.9 Å². The van der Waals surface area contributed by atoms with Crippen LogP contribution in [0.5, 0.6) is 5.75 Å². The molecule has 0 aliphatic carbocycles. The number of unbranched alkanes of at least 4 members (excludes halogenated alkanes) is 1. The minimum absolute atomic E-state index is 0.207. The Bertz CT molecular complexity index is 1310. The Hall–Kier alpha value is -3.34. The minimum atomic E-state index is -1.48. The molecule has 0 amide bonds. The number of aryl methyl sites for hydroxylation is 3. The van der Waals surface area contributed by atoms with Crippen molar-refractivity contribution in [2.45, 2.75) is 39.0 Å². The second-order valence-corrected chi connectivity index (χ2v) is 8.47. The molecule has 4 rings (SSSR count). The average molecular weight is 467 g/mol. The fraction of sp³-hybridized carbons (Fsp3) is 0.241. The van der Waals surface area contributed by atoms with E-state index in [4.69, 9.17) is 0 Å². The summed E-state index contributed by atoms with van der Waals surface area (Å²) in [5, 5.41) is 0.904. The normalized spacial score (nSPS) is 11.2. The van der Waals surface area contributed by atoms with E-state index in [-0.39, 0.29) is 10.9 Å². The molecule has 4 aromatic rings. The van der Waals surface area contributed by atoms with Crippen LogP contribution in [0.15, 0.2) is 60.7 Å². The first-order valence-electron chi connectivity index (χ1n) is 11.4. The van der Waals surface area contributed by atoms with Gasteiger partial charge in [-0.05, 0) is 53.8 Å². The number of rotatable bonds is 8. The van der Waals surface area contributed by atoms with Crippen molar-refractivity contribution >= 4 is 10.8 Å². The van der Waals surface area contributed by atoms with Gasteiger partial charge in [0.1, 0.15) is 5.82 Å². The number of ether oxygens (including phenoxy) is 1.